The summed E-state index contributed by atoms with van der Waals surface area (Å²) in [6.07, 6.45) is 2.72. The van der Waals surface area contributed by atoms with Gasteiger partial charge in [0.2, 0.25) is 11.2 Å². The molecule has 1 N–H and O–H groups in total. The summed E-state index contributed by atoms with van der Waals surface area (Å²) < 4.78 is 28.4. The Morgan fingerprint density at radius 1 is 1.19 bits per heavy atom. The number of fused-ring (bicyclic) bond motifs is 5. The maximum Gasteiger partial charge on any atom is 0.341 e. The number of hydrogen-bond acceptors (Lipinski definition) is 5. The van der Waals surface area contributed by atoms with Crippen LogP contribution >= 0.6 is 0 Å². The fraction of sp³-hybridized carbons (Fsp3) is 0.217. The van der Waals surface area contributed by atoms with Crippen LogP contribution in [0.2, 0.25) is 0 Å². The summed E-state index contributed by atoms with van der Waals surface area (Å²) in [4.78, 5) is 24.0. The van der Waals surface area contributed by atoms with E-state index in [0.29, 0.717) is 23.5 Å². The summed E-state index contributed by atoms with van der Waals surface area (Å²) in [7, 11) is 0. The summed E-state index contributed by atoms with van der Waals surface area (Å²) >= 11 is 0. The highest BCUT2D eigenvalue weighted by Crippen LogP contribution is 2.43. The van der Waals surface area contributed by atoms with Crippen LogP contribution in [-0.2, 0) is 6.54 Å². The van der Waals surface area contributed by atoms with E-state index in [1.165, 1.54) is 4.68 Å². The number of benzene rings is 1. The van der Waals surface area contributed by atoms with Crippen molar-refractivity contribution in [1.82, 2.24) is 4.68 Å². The lowest BCUT2D eigenvalue weighted by Gasteiger charge is -2.42. The van der Waals surface area contributed by atoms with Crippen molar-refractivity contribution in [3.05, 3.63) is 70.0 Å². The number of nitrogens with zero attached hydrogens (tertiary/aromatic N) is 2. The molecule has 8 heteroatoms. The predicted octanol–water partition coefficient (Wildman–Crippen LogP) is 4.61. The van der Waals surface area contributed by atoms with E-state index in [0.717, 1.165) is 17.1 Å². The van der Waals surface area contributed by atoms with Gasteiger partial charge in [-0.05, 0) is 39.0 Å². The monoisotopic (exact) mass is 422 g/mol. The third-order valence-electron chi connectivity index (χ3n) is 5.53. The lowest BCUT2D eigenvalue weighted by molar-refractivity contribution is 0.0693. The van der Waals surface area contributed by atoms with Gasteiger partial charge in [0.05, 0.1) is 18.4 Å². The van der Waals surface area contributed by atoms with E-state index in [2.05, 4.69) is 0 Å². The van der Waals surface area contributed by atoms with Crippen LogP contribution in [0.15, 0.2) is 56.4 Å². The van der Waals surface area contributed by atoms with Gasteiger partial charge in [-0.1, -0.05) is 12.1 Å². The molecule has 1 aliphatic rings. The smallest absolute Gasteiger partial charge is 0.341 e. The second-order valence-electron chi connectivity index (χ2n) is 8.48. The third-order valence-corrected chi connectivity index (χ3v) is 5.53. The first kappa shape index (κ1) is 19.2. The van der Waals surface area contributed by atoms with Crippen LogP contribution < -0.4 is 10.4 Å². The number of pyridine rings is 1. The molecule has 31 heavy (non-hydrogen) atoms. The standard InChI is InChI=1S/C23H19FN2O5/c1-23(2,3)26-11-14-12-6-4-7-13(16-8-5-9-30-16)20(12)31-21(14)18-17(24)19(27)15(22(28)29)10-25(18)26/h4-10H,11H2,1-3H3,(H,28,29). The predicted molar refractivity (Wildman–Crippen MR) is 112 cm³/mol. The molecule has 0 radical (unpaired) electrons. The Morgan fingerprint density at radius 3 is 2.61 bits per heavy atom. The lowest BCUT2D eigenvalue weighted by atomic mass is 10.00. The molecule has 0 fully saturated rings. The number of carboxylic acid groups (broad SMARTS) is 1. The minimum Gasteiger partial charge on any atom is -0.477 e. The van der Waals surface area contributed by atoms with Crippen LogP contribution in [0.1, 0.15) is 36.7 Å². The summed E-state index contributed by atoms with van der Waals surface area (Å²) in [5.41, 5.74) is -0.466. The molecule has 1 aromatic carbocycles. The SMILES string of the molecule is CC(C)(C)N1Cc2c(oc3c(-c4ccco4)cccc23)-c2c(F)c(=O)c(C(=O)O)cn21. The van der Waals surface area contributed by atoms with Crippen molar-refractivity contribution in [2.45, 2.75) is 32.9 Å². The van der Waals surface area contributed by atoms with Gasteiger partial charge >= 0.3 is 5.97 Å². The van der Waals surface area contributed by atoms with E-state index in [1.807, 2.05) is 44.0 Å². The van der Waals surface area contributed by atoms with E-state index >= 15 is 4.39 Å². The fourth-order valence-corrected chi connectivity index (χ4v) is 4.05. The van der Waals surface area contributed by atoms with Gasteiger partial charge < -0.3 is 18.9 Å². The topological polar surface area (TPSA) is 88.8 Å². The Bertz CT molecular complexity index is 1410. The lowest BCUT2D eigenvalue weighted by Crippen LogP contribution is -2.51. The number of hydrogen-bond donors (Lipinski definition) is 1. The molecule has 0 amide bonds. The van der Waals surface area contributed by atoms with E-state index in [4.69, 9.17) is 8.83 Å². The molecular formula is C23H19FN2O5. The average molecular weight is 422 g/mol. The molecular weight excluding hydrogens is 403 g/mol. The molecule has 1 aliphatic heterocycles. The maximum absolute atomic E-state index is 15.3. The van der Waals surface area contributed by atoms with Crippen LogP contribution in [0.4, 0.5) is 4.39 Å². The number of para-hydroxylation sites is 1. The van der Waals surface area contributed by atoms with Crippen LogP contribution in [0.25, 0.3) is 33.7 Å². The highest BCUT2D eigenvalue weighted by atomic mass is 19.1. The van der Waals surface area contributed by atoms with Gasteiger partial charge in [-0.15, -0.1) is 0 Å². The molecule has 4 heterocycles. The molecule has 0 aliphatic carbocycles. The molecule has 0 bridgehead atoms. The fourth-order valence-electron chi connectivity index (χ4n) is 4.05. The summed E-state index contributed by atoms with van der Waals surface area (Å²) in [5.74, 6) is -1.83. The van der Waals surface area contributed by atoms with Crippen molar-refractivity contribution in [3.63, 3.8) is 0 Å². The first-order valence-electron chi connectivity index (χ1n) is 9.73. The number of aromatic carboxylic acids is 1. The van der Waals surface area contributed by atoms with E-state index in [-0.39, 0.29) is 11.5 Å². The number of aromatic nitrogens is 1. The zero-order valence-electron chi connectivity index (χ0n) is 17.1. The summed E-state index contributed by atoms with van der Waals surface area (Å²) in [5, 5.41) is 12.0. The number of carbonyl (C=O) groups is 1. The molecule has 0 unspecified atom stereocenters. The molecule has 4 aromatic rings. The molecule has 0 saturated carbocycles. The number of furan rings is 2. The van der Waals surface area contributed by atoms with Gasteiger partial charge in [0.25, 0.3) is 0 Å². The Balaban J connectivity index is 1.88. The summed E-state index contributed by atoms with van der Waals surface area (Å²) in [6.45, 7) is 6.11. The highest BCUT2D eigenvalue weighted by molar-refractivity contribution is 5.97. The van der Waals surface area contributed by atoms with Gasteiger partial charge in [0, 0.05) is 22.7 Å². The van der Waals surface area contributed by atoms with Gasteiger partial charge in [0.1, 0.15) is 22.6 Å². The Morgan fingerprint density at radius 2 is 1.97 bits per heavy atom. The normalized spacial score (nSPS) is 13.4. The van der Waals surface area contributed by atoms with Crippen molar-refractivity contribution >= 4 is 16.9 Å². The van der Waals surface area contributed by atoms with Crippen molar-refractivity contribution in [1.29, 1.82) is 0 Å². The van der Waals surface area contributed by atoms with Gasteiger partial charge in [-0.25, -0.2) is 9.18 Å². The molecule has 3 aromatic heterocycles. The molecule has 0 saturated heterocycles. The minimum atomic E-state index is -1.48. The second kappa shape index (κ2) is 6.34. The highest BCUT2D eigenvalue weighted by Gasteiger charge is 2.37. The third kappa shape index (κ3) is 2.71. The van der Waals surface area contributed by atoms with Crippen molar-refractivity contribution in [3.8, 4) is 22.8 Å². The Kier molecular flexibility index (Phi) is 3.92. The maximum atomic E-state index is 15.3. The van der Waals surface area contributed by atoms with Gasteiger partial charge in [0.15, 0.2) is 5.76 Å². The molecule has 0 atom stereocenters. The van der Waals surface area contributed by atoms with E-state index in [1.54, 1.807) is 18.4 Å². The number of carboxylic acids is 1. The molecule has 158 valence electrons. The summed E-state index contributed by atoms with van der Waals surface area (Å²) in [6, 6.07) is 9.15. The van der Waals surface area contributed by atoms with Crippen LogP contribution in [-0.4, -0.2) is 21.3 Å². The van der Waals surface area contributed by atoms with E-state index < -0.39 is 28.3 Å². The Hall–Kier alpha value is -3.81. The van der Waals surface area contributed by atoms with Crippen LogP contribution in [0, 0.1) is 5.82 Å². The second-order valence-corrected chi connectivity index (χ2v) is 8.48. The van der Waals surface area contributed by atoms with Crippen LogP contribution in [0.3, 0.4) is 0 Å². The van der Waals surface area contributed by atoms with Crippen molar-refractivity contribution in [2.24, 2.45) is 0 Å². The molecule has 7 nitrogen and oxygen atoms in total. The average Bonchev–Trinajstić information content (AvgIpc) is 3.36. The first-order chi connectivity index (χ1) is 14.7. The molecule has 0 spiro atoms. The van der Waals surface area contributed by atoms with E-state index in [9.17, 15) is 14.7 Å². The first-order valence-corrected chi connectivity index (χ1v) is 9.73. The van der Waals surface area contributed by atoms with Gasteiger partial charge in [-0.2, -0.15) is 0 Å². The molecule has 5 rings (SSSR count). The zero-order valence-corrected chi connectivity index (χ0v) is 17.1. The number of halogens is 1. The largest absolute Gasteiger partial charge is 0.477 e. The van der Waals surface area contributed by atoms with Crippen molar-refractivity contribution < 1.29 is 23.1 Å². The zero-order chi connectivity index (χ0) is 22.1. The Labute approximate surface area is 175 Å². The number of rotatable bonds is 2. The quantitative estimate of drug-likeness (QED) is 0.508. The van der Waals surface area contributed by atoms with Crippen molar-refractivity contribution in [2.75, 3.05) is 5.01 Å². The van der Waals surface area contributed by atoms with Gasteiger partial charge in [-0.3, -0.25) is 9.47 Å². The van der Waals surface area contributed by atoms with Crippen LogP contribution in [0.5, 0.6) is 0 Å². The minimum absolute atomic E-state index is 0.0900.